The Morgan fingerprint density at radius 1 is 1.24 bits per heavy atom. The Bertz CT molecular complexity index is 1470. The van der Waals surface area contributed by atoms with E-state index in [2.05, 4.69) is 25.4 Å². The summed E-state index contributed by atoms with van der Waals surface area (Å²) in [5.74, 6) is -2.10. The number of halogens is 1. The smallest absolute Gasteiger partial charge is 0.352 e. The summed E-state index contributed by atoms with van der Waals surface area (Å²) in [6.07, 6.45) is 5.05. The van der Waals surface area contributed by atoms with Crippen LogP contribution < -0.4 is 22.5 Å². The second kappa shape index (κ2) is 12.1. The number of oxime groups is 1. The van der Waals surface area contributed by atoms with Crippen molar-refractivity contribution in [3.63, 3.8) is 0 Å². The summed E-state index contributed by atoms with van der Waals surface area (Å²) < 4.78 is 0.151. The minimum absolute atomic E-state index is 0.0143. The van der Waals surface area contributed by atoms with Gasteiger partial charge < -0.3 is 32.5 Å². The molecule has 8 N–H and O–H groups in total. The van der Waals surface area contributed by atoms with E-state index in [4.69, 9.17) is 33.6 Å². The third-order valence-electron chi connectivity index (χ3n) is 6.32. The van der Waals surface area contributed by atoms with E-state index in [0.717, 1.165) is 41.9 Å². The first-order valence-corrected chi connectivity index (χ1v) is 15.4. The molecule has 4 heterocycles. The molecule has 2 aromatic rings. The number of carboxylic acid groups (broad SMARTS) is 1. The van der Waals surface area contributed by atoms with E-state index < -0.39 is 29.2 Å². The maximum absolute atomic E-state index is 13.3. The van der Waals surface area contributed by atoms with Crippen LogP contribution in [0.4, 0.5) is 16.9 Å². The van der Waals surface area contributed by atoms with Crippen LogP contribution in [-0.4, -0.2) is 71.7 Å². The van der Waals surface area contributed by atoms with Gasteiger partial charge in [-0.15, -0.1) is 11.8 Å². The van der Waals surface area contributed by atoms with Crippen molar-refractivity contribution in [3.05, 3.63) is 38.9 Å². The van der Waals surface area contributed by atoms with E-state index in [1.807, 2.05) is 0 Å². The Morgan fingerprint density at radius 2 is 2.00 bits per heavy atom. The maximum atomic E-state index is 13.3. The molecule has 216 valence electrons. The number of nitrogens with one attached hydrogen (secondary N) is 1. The number of rotatable bonds is 9. The second-order valence-corrected chi connectivity index (χ2v) is 12.7. The van der Waals surface area contributed by atoms with E-state index in [0.29, 0.717) is 10.6 Å². The van der Waals surface area contributed by atoms with E-state index in [1.54, 1.807) is 11.5 Å². The molecule has 0 unspecified atom stereocenters. The number of allylic oxidation sites excluding steroid dienone is 1. The summed E-state index contributed by atoms with van der Waals surface area (Å²) >= 11 is 9.70. The molecule has 2 fully saturated rings. The molecule has 5 rings (SSSR count). The molecule has 1 aliphatic carbocycles. The molecule has 2 aliphatic heterocycles. The summed E-state index contributed by atoms with van der Waals surface area (Å²) in [5.41, 5.74) is 17.1. The zero-order valence-corrected chi connectivity index (χ0v) is 24.4. The number of nitrogens with two attached hydrogens (primary N) is 3. The number of aromatic nitrogens is 3. The van der Waals surface area contributed by atoms with Crippen LogP contribution >= 0.6 is 46.5 Å². The second-order valence-electron chi connectivity index (χ2n) is 9.08. The molecule has 1 saturated heterocycles. The molecule has 0 spiro atoms. The first kappa shape index (κ1) is 29.0. The Hall–Kier alpha value is -3.54. The predicted molar refractivity (Wildman–Crippen MR) is 157 cm³/mol. The third-order valence-corrected chi connectivity index (χ3v) is 9.43. The minimum atomic E-state index is -1.27. The number of carbonyl (C=O) groups excluding carboxylic acids is 2. The number of carboxylic acids is 1. The van der Waals surface area contributed by atoms with Crippen LogP contribution in [0.25, 0.3) is 0 Å². The molecule has 0 aromatic carbocycles. The minimum Gasteiger partial charge on any atom is -0.477 e. The van der Waals surface area contributed by atoms with Crippen LogP contribution in [0, 0.1) is 0 Å². The number of β-lactam (4-membered cyclic amide) rings is 1. The van der Waals surface area contributed by atoms with Crippen LogP contribution in [-0.2, 0) is 19.2 Å². The number of thioether (sulfide) groups is 2. The summed E-state index contributed by atoms with van der Waals surface area (Å²) in [6.45, 7) is 0. The number of aliphatic carboxylic acids is 1. The number of hydrogen-bond donors (Lipinski definition) is 5. The number of thiazole rings is 1. The zero-order valence-electron chi connectivity index (χ0n) is 21.2. The fraction of sp³-hybridized carbons (Fsp3) is 0.348. The number of anilines is 3. The third kappa shape index (κ3) is 6.22. The van der Waals surface area contributed by atoms with Crippen LogP contribution in [0.1, 0.15) is 31.4 Å². The van der Waals surface area contributed by atoms with Crippen LogP contribution in [0.2, 0.25) is 4.34 Å². The highest BCUT2D eigenvalue weighted by Crippen LogP contribution is 2.41. The molecule has 18 heteroatoms. The maximum Gasteiger partial charge on any atom is 0.352 e. The number of carbonyl (C=O) groups is 3. The first-order valence-electron chi connectivity index (χ1n) is 12.2. The Labute approximate surface area is 250 Å². The Kier molecular flexibility index (Phi) is 8.58. The number of nitrogen functional groups attached to an aromatic ring is 3. The van der Waals surface area contributed by atoms with Gasteiger partial charge in [-0.2, -0.15) is 4.98 Å². The molecule has 0 radical (unpaired) electrons. The summed E-state index contributed by atoms with van der Waals surface area (Å²) in [5, 5.41) is 18.2. The van der Waals surface area contributed by atoms with E-state index >= 15 is 0 Å². The topological polar surface area (TPSA) is 225 Å². The first-order chi connectivity index (χ1) is 19.6. The number of amides is 2. The molecule has 2 amide bonds. The van der Waals surface area contributed by atoms with Gasteiger partial charge in [0, 0.05) is 11.8 Å². The van der Waals surface area contributed by atoms with Crippen molar-refractivity contribution in [2.24, 2.45) is 5.16 Å². The summed E-state index contributed by atoms with van der Waals surface area (Å²) in [7, 11) is 0. The lowest BCUT2D eigenvalue weighted by Crippen LogP contribution is -2.71. The molecule has 2 atom stereocenters. The SMILES string of the molecule is Nc1cc(S/C=C/C2=C(C(=O)O)N3C(=O)[C@@H](NC(=O)C(=NOC4CCCC4)c4nc(N)sc4Cl)[C@H]3SC2)nc(N)n1. The van der Waals surface area contributed by atoms with Crippen molar-refractivity contribution >= 4 is 86.9 Å². The predicted octanol–water partition coefficient (Wildman–Crippen LogP) is 2.04. The normalized spacial score (nSPS) is 21.2. The van der Waals surface area contributed by atoms with E-state index in [9.17, 15) is 19.5 Å². The molecule has 41 heavy (non-hydrogen) atoms. The fourth-order valence-corrected chi connectivity index (χ4v) is 7.42. The zero-order chi connectivity index (χ0) is 29.3. The molecule has 0 bridgehead atoms. The van der Waals surface area contributed by atoms with Crippen molar-refractivity contribution in [2.45, 2.75) is 48.2 Å². The monoisotopic (exact) mass is 637 g/mol. The van der Waals surface area contributed by atoms with Gasteiger partial charge in [0.15, 0.2) is 10.8 Å². The highest BCUT2D eigenvalue weighted by atomic mass is 35.5. The van der Waals surface area contributed by atoms with Gasteiger partial charge in [-0.1, -0.05) is 39.9 Å². The van der Waals surface area contributed by atoms with Crippen LogP contribution in [0.3, 0.4) is 0 Å². The van der Waals surface area contributed by atoms with Gasteiger partial charge in [-0.05, 0) is 42.7 Å². The standard InChI is InChI=1S/C23H24ClN9O5S3/c24-17-13(31-23(27)41-17)14(32-38-10-3-1-2-4-10)18(34)30-15-19(35)33-16(21(36)37)9(8-40-20(15)33)5-6-39-12-7-11(25)28-22(26)29-12/h5-7,10,15,20H,1-4,8H2,(H2,27,31)(H,30,34)(H,36,37)(H4,25,26,28,29)/b6-5+,32-14?/t15-,20-/m1/s1. The molecule has 3 aliphatic rings. The molecular formula is C23H24ClN9O5S3. The highest BCUT2D eigenvalue weighted by molar-refractivity contribution is 8.02. The van der Waals surface area contributed by atoms with E-state index in [-0.39, 0.29) is 50.2 Å². The van der Waals surface area contributed by atoms with Gasteiger partial charge in [0.2, 0.25) is 5.95 Å². The largest absolute Gasteiger partial charge is 0.477 e. The van der Waals surface area contributed by atoms with Crippen molar-refractivity contribution in [1.82, 2.24) is 25.2 Å². The van der Waals surface area contributed by atoms with Gasteiger partial charge in [-0.3, -0.25) is 14.5 Å². The van der Waals surface area contributed by atoms with Gasteiger partial charge in [0.05, 0.1) is 0 Å². The average Bonchev–Trinajstić information content (AvgIpc) is 3.55. The van der Waals surface area contributed by atoms with Gasteiger partial charge in [0.25, 0.3) is 11.8 Å². The molecule has 1 saturated carbocycles. The summed E-state index contributed by atoms with van der Waals surface area (Å²) in [6, 6.07) is 0.527. The van der Waals surface area contributed by atoms with Crippen LogP contribution in [0.15, 0.2) is 39.0 Å². The highest BCUT2D eigenvalue weighted by Gasteiger charge is 2.54. The van der Waals surface area contributed by atoms with E-state index in [1.165, 1.54) is 29.6 Å². The van der Waals surface area contributed by atoms with Crippen molar-refractivity contribution < 1.29 is 24.3 Å². The lowest BCUT2D eigenvalue weighted by molar-refractivity contribution is -0.150. The van der Waals surface area contributed by atoms with Crippen molar-refractivity contribution in [2.75, 3.05) is 23.0 Å². The number of fused-ring (bicyclic) bond motifs is 1. The molecular weight excluding hydrogens is 614 g/mol. The van der Waals surface area contributed by atoms with Gasteiger partial charge in [-0.25, -0.2) is 14.8 Å². The van der Waals surface area contributed by atoms with Gasteiger partial charge >= 0.3 is 5.97 Å². The molecule has 14 nitrogen and oxygen atoms in total. The Morgan fingerprint density at radius 3 is 2.66 bits per heavy atom. The number of hydrogen-bond acceptors (Lipinski definition) is 14. The lowest BCUT2D eigenvalue weighted by Gasteiger charge is -2.49. The molecule has 2 aromatic heterocycles. The lowest BCUT2D eigenvalue weighted by atomic mass is 10.0. The Balaban J connectivity index is 1.32. The average molecular weight is 638 g/mol. The fourth-order valence-electron chi connectivity index (χ4n) is 4.46. The summed E-state index contributed by atoms with van der Waals surface area (Å²) in [4.78, 5) is 57.4. The number of nitrogens with zero attached hydrogens (tertiary/aromatic N) is 5. The van der Waals surface area contributed by atoms with Crippen molar-refractivity contribution in [1.29, 1.82) is 0 Å². The van der Waals surface area contributed by atoms with Gasteiger partial charge in [0.1, 0.15) is 44.1 Å². The van der Waals surface area contributed by atoms with Crippen molar-refractivity contribution in [3.8, 4) is 0 Å². The quantitative estimate of drug-likeness (QED) is 0.0873. The van der Waals surface area contributed by atoms with Crippen LogP contribution in [0.5, 0.6) is 0 Å².